The molecular formula is C7H9ClN2S. The van der Waals surface area contributed by atoms with Crippen molar-refractivity contribution in [2.24, 2.45) is 0 Å². The molecule has 0 N–H and O–H groups in total. The van der Waals surface area contributed by atoms with Gasteiger partial charge in [0.25, 0.3) is 0 Å². The third kappa shape index (κ3) is 1.54. The highest BCUT2D eigenvalue weighted by Crippen LogP contribution is 2.35. The molecule has 1 heterocycles. The normalized spacial score (nSPS) is 19.4. The van der Waals surface area contributed by atoms with Crippen molar-refractivity contribution in [1.82, 2.24) is 9.36 Å². The van der Waals surface area contributed by atoms with E-state index < -0.39 is 0 Å². The van der Waals surface area contributed by atoms with Crippen LogP contribution < -0.4 is 0 Å². The first kappa shape index (κ1) is 7.50. The van der Waals surface area contributed by atoms with Gasteiger partial charge in [0.2, 0.25) is 5.28 Å². The summed E-state index contributed by atoms with van der Waals surface area (Å²) >= 11 is 7.08. The molecule has 0 aromatic carbocycles. The molecule has 1 aromatic heterocycles. The van der Waals surface area contributed by atoms with Gasteiger partial charge in [0, 0.05) is 5.92 Å². The first-order valence-corrected chi connectivity index (χ1v) is 5.00. The van der Waals surface area contributed by atoms with Crippen molar-refractivity contribution >= 4 is 23.1 Å². The molecule has 0 spiro atoms. The van der Waals surface area contributed by atoms with Gasteiger partial charge in [-0.25, -0.2) is 4.98 Å². The summed E-state index contributed by atoms with van der Waals surface area (Å²) in [4.78, 5) is 4.17. The number of nitrogens with zero attached hydrogens (tertiary/aromatic N) is 2. The Hall–Kier alpha value is -0.150. The zero-order valence-corrected chi connectivity index (χ0v) is 7.66. The Morgan fingerprint density at radius 2 is 2.09 bits per heavy atom. The van der Waals surface area contributed by atoms with Crippen LogP contribution in [0.4, 0.5) is 0 Å². The highest BCUT2D eigenvalue weighted by molar-refractivity contribution is 7.05. The summed E-state index contributed by atoms with van der Waals surface area (Å²) in [6, 6.07) is 0. The minimum atomic E-state index is 0.414. The third-order valence-electron chi connectivity index (χ3n) is 2.12. The molecule has 0 unspecified atom stereocenters. The largest absolute Gasteiger partial charge is 0.234 e. The van der Waals surface area contributed by atoms with Crippen molar-refractivity contribution in [2.45, 2.75) is 31.6 Å². The molecular weight excluding hydrogens is 180 g/mol. The maximum Gasteiger partial charge on any atom is 0.234 e. The van der Waals surface area contributed by atoms with Crippen LogP contribution in [0.5, 0.6) is 0 Å². The lowest BCUT2D eigenvalue weighted by Crippen LogP contribution is -1.89. The minimum Gasteiger partial charge on any atom is -0.209 e. The molecule has 0 saturated heterocycles. The van der Waals surface area contributed by atoms with Crippen molar-refractivity contribution in [1.29, 1.82) is 0 Å². The maximum absolute atomic E-state index is 5.63. The average molecular weight is 189 g/mol. The Bertz CT molecular complexity index is 242. The van der Waals surface area contributed by atoms with Crippen LogP contribution >= 0.6 is 23.1 Å². The van der Waals surface area contributed by atoms with Crippen molar-refractivity contribution in [2.75, 3.05) is 0 Å². The van der Waals surface area contributed by atoms with E-state index in [1.165, 1.54) is 37.2 Å². The maximum atomic E-state index is 5.63. The van der Waals surface area contributed by atoms with Gasteiger partial charge in [-0.15, -0.1) is 0 Å². The van der Waals surface area contributed by atoms with Crippen LogP contribution in [0, 0.1) is 0 Å². The lowest BCUT2D eigenvalue weighted by molar-refractivity contribution is 0.716. The Morgan fingerprint density at radius 1 is 1.36 bits per heavy atom. The summed E-state index contributed by atoms with van der Waals surface area (Å²) in [5.74, 6) is 0.653. The van der Waals surface area contributed by atoms with Crippen LogP contribution in [-0.4, -0.2) is 9.36 Å². The first-order valence-electron chi connectivity index (χ1n) is 3.85. The fourth-order valence-electron chi connectivity index (χ4n) is 1.55. The van der Waals surface area contributed by atoms with Crippen molar-refractivity contribution in [3.05, 3.63) is 10.3 Å². The molecule has 2 rings (SSSR count). The number of rotatable bonds is 1. The number of halogens is 1. The van der Waals surface area contributed by atoms with Crippen molar-refractivity contribution in [3.8, 4) is 0 Å². The monoisotopic (exact) mass is 188 g/mol. The molecule has 0 atom stereocenters. The lowest BCUT2D eigenvalue weighted by atomic mass is 10.1. The van der Waals surface area contributed by atoms with Crippen LogP contribution in [-0.2, 0) is 0 Å². The van der Waals surface area contributed by atoms with Gasteiger partial charge in [-0.1, -0.05) is 12.8 Å². The summed E-state index contributed by atoms with van der Waals surface area (Å²) in [5, 5.41) is 1.55. The zero-order valence-electron chi connectivity index (χ0n) is 6.09. The molecule has 60 valence electrons. The number of hydrogen-bond acceptors (Lipinski definition) is 3. The molecule has 2 nitrogen and oxygen atoms in total. The van der Waals surface area contributed by atoms with Gasteiger partial charge >= 0.3 is 0 Å². The quantitative estimate of drug-likeness (QED) is 0.678. The molecule has 0 bridgehead atoms. The SMILES string of the molecule is Clc1nsc(C2CCCC2)n1. The molecule has 0 radical (unpaired) electrons. The number of hydrogen-bond donors (Lipinski definition) is 0. The molecule has 1 fully saturated rings. The zero-order chi connectivity index (χ0) is 7.68. The fourth-order valence-corrected chi connectivity index (χ4v) is 2.52. The van der Waals surface area contributed by atoms with Crippen LogP contribution in [0.2, 0.25) is 5.28 Å². The van der Waals surface area contributed by atoms with Crippen LogP contribution in [0.1, 0.15) is 36.6 Å². The molecule has 4 heteroatoms. The molecule has 1 saturated carbocycles. The van der Waals surface area contributed by atoms with Crippen LogP contribution in [0.3, 0.4) is 0 Å². The summed E-state index contributed by atoms with van der Waals surface area (Å²) in [6.45, 7) is 0. The van der Waals surface area contributed by atoms with E-state index in [2.05, 4.69) is 9.36 Å². The summed E-state index contributed by atoms with van der Waals surface area (Å²) < 4.78 is 3.96. The second kappa shape index (κ2) is 3.07. The minimum absolute atomic E-state index is 0.414. The lowest BCUT2D eigenvalue weighted by Gasteiger charge is -2.00. The van der Waals surface area contributed by atoms with Gasteiger partial charge in [-0.3, -0.25) is 0 Å². The molecule has 1 aliphatic carbocycles. The Morgan fingerprint density at radius 3 is 2.64 bits per heavy atom. The summed E-state index contributed by atoms with van der Waals surface area (Å²) in [7, 11) is 0. The third-order valence-corrected chi connectivity index (χ3v) is 3.27. The predicted molar refractivity (Wildman–Crippen MR) is 46.1 cm³/mol. The van der Waals surface area contributed by atoms with E-state index in [-0.39, 0.29) is 0 Å². The van der Waals surface area contributed by atoms with Crippen molar-refractivity contribution < 1.29 is 0 Å². The highest BCUT2D eigenvalue weighted by Gasteiger charge is 2.20. The van der Waals surface area contributed by atoms with E-state index >= 15 is 0 Å². The summed E-state index contributed by atoms with van der Waals surface area (Å²) in [6.07, 6.45) is 5.21. The van der Waals surface area contributed by atoms with Crippen LogP contribution in [0.15, 0.2) is 0 Å². The van der Waals surface area contributed by atoms with E-state index in [1.54, 1.807) is 0 Å². The topological polar surface area (TPSA) is 25.8 Å². The number of aromatic nitrogens is 2. The van der Waals surface area contributed by atoms with Gasteiger partial charge in [-0.05, 0) is 36.0 Å². The Labute approximate surface area is 74.8 Å². The smallest absolute Gasteiger partial charge is 0.209 e. The van der Waals surface area contributed by atoms with Gasteiger partial charge in [-0.2, -0.15) is 4.37 Å². The molecule has 11 heavy (non-hydrogen) atoms. The van der Waals surface area contributed by atoms with Crippen molar-refractivity contribution in [3.63, 3.8) is 0 Å². The van der Waals surface area contributed by atoms with Gasteiger partial charge < -0.3 is 0 Å². The van der Waals surface area contributed by atoms with E-state index in [0.717, 1.165) is 5.01 Å². The van der Waals surface area contributed by atoms with E-state index in [0.29, 0.717) is 11.2 Å². The predicted octanol–water partition coefficient (Wildman–Crippen LogP) is 2.85. The molecule has 0 amide bonds. The van der Waals surface area contributed by atoms with Gasteiger partial charge in [0.05, 0.1) is 0 Å². The van der Waals surface area contributed by atoms with E-state index in [9.17, 15) is 0 Å². The molecule has 0 aliphatic heterocycles. The average Bonchev–Trinajstić information content (AvgIpc) is 2.55. The first-order chi connectivity index (χ1) is 5.36. The van der Waals surface area contributed by atoms with Gasteiger partial charge in [0.15, 0.2) is 0 Å². The van der Waals surface area contributed by atoms with Crippen LogP contribution in [0.25, 0.3) is 0 Å². The summed E-state index contributed by atoms with van der Waals surface area (Å²) in [5.41, 5.74) is 0. The second-order valence-electron chi connectivity index (χ2n) is 2.88. The Kier molecular flexibility index (Phi) is 2.09. The van der Waals surface area contributed by atoms with E-state index in [4.69, 9.17) is 11.6 Å². The second-order valence-corrected chi connectivity index (χ2v) is 4.00. The Balaban J connectivity index is 2.15. The molecule has 1 aromatic rings. The molecule has 1 aliphatic rings. The van der Waals surface area contributed by atoms with Gasteiger partial charge in [0.1, 0.15) is 5.01 Å². The standard InChI is InChI=1S/C7H9ClN2S/c8-7-9-6(11-10-7)5-3-1-2-4-5/h5H,1-4H2. The van der Waals surface area contributed by atoms with E-state index in [1.807, 2.05) is 0 Å². The highest BCUT2D eigenvalue weighted by atomic mass is 35.5. The fraction of sp³-hybridized carbons (Fsp3) is 0.714.